The smallest absolute Gasteiger partial charge is 0.164 e. The number of hydrogen-bond donors (Lipinski definition) is 0. The zero-order chi connectivity index (χ0) is 41.4. The molecular weight excluding hydrogens is 805 g/mol. The van der Waals surface area contributed by atoms with Crippen molar-refractivity contribution in [2.75, 3.05) is 0 Å². The molecule has 9 aromatic carbocycles. The Kier molecular flexibility index (Phi) is 8.22. The molecule has 0 aliphatic carbocycles. The number of thiophene rings is 2. The third-order valence-electron chi connectivity index (χ3n) is 12.2. The maximum absolute atomic E-state index is 5.11. The molecule has 0 saturated heterocycles. The molecule has 0 aliphatic heterocycles. The number of hydrogen-bond acceptors (Lipinski definition) is 5. The molecule has 4 heterocycles. The van der Waals surface area contributed by atoms with Gasteiger partial charge in [0.15, 0.2) is 17.5 Å². The number of aromatic nitrogens is 4. The van der Waals surface area contributed by atoms with Gasteiger partial charge < -0.3 is 4.57 Å². The predicted molar refractivity (Wildman–Crippen MR) is 267 cm³/mol. The lowest BCUT2D eigenvalue weighted by molar-refractivity contribution is 1.07. The number of para-hydroxylation sites is 1. The molecule has 4 aromatic heterocycles. The van der Waals surface area contributed by atoms with E-state index in [-0.39, 0.29) is 0 Å². The van der Waals surface area contributed by atoms with Crippen molar-refractivity contribution in [2.24, 2.45) is 0 Å². The second kappa shape index (κ2) is 14.4. The average molecular weight is 839 g/mol. The van der Waals surface area contributed by atoms with Crippen LogP contribution >= 0.6 is 22.7 Å². The summed E-state index contributed by atoms with van der Waals surface area (Å²) < 4.78 is 7.65. The molecule has 0 fully saturated rings. The second-order valence-corrected chi connectivity index (χ2v) is 18.1. The Morgan fingerprint density at radius 3 is 1.44 bits per heavy atom. The summed E-state index contributed by atoms with van der Waals surface area (Å²) in [5, 5.41) is 7.56. The Balaban J connectivity index is 1.07. The average Bonchev–Trinajstić information content (AvgIpc) is 4.03. The normalized spacial score (nSPS) is 11.8. The van der Waals surface area contributed by atoms with Gasteiger partial charge in [0.25, 0.3) is 0 Å². The van der Waals surface area contributed by atoms with Crippen LogP contribution in [0.1, 0.15) is 0 Å². The molecular formula is C57H34N4S2. The number of fused-ring (bicyclic) bond motifs is 9. The highest BCUT2D eigenvalue weighted by Gasteiger charge is 2.21. The zero-order valence-corrected chi connectivity index (χ0v) is 35.4. The van der Waals surface area contributed by atoms with Gasteiger partial charge in [-0.2, -0.15) is 0 Å². The van der Waals surface area contributed by atoms with Gasteiger partial charge >= 0.3 is 0 Å². The van der Waals surface area contributed by atoms with Gasteiger partial charge in [-0.15, -0.1) is 22.7 Å². The quantitative estimate of drug-likeness (QED) is 0.168. The number of rotatable bonds is 6. The van der Waals surface area contributed by atoms with Gasteiger partial charge in [0, 0.05) is 79.1 Å². The van der Waals surface area contributed by atoms with Gasteiger partial charge in [0.1, 0.15) is 0 Å². The lowest BCUT2D eigenvalue weighted by Gasteiger charge is -2.15. The summed E-state index contributed by atoms with van der Waals surface area (Å²) in [7, 11) is 0. The minimum Gasteiger partial charge on any atom is -0.309 e. The third-order valence-corrected chi connectivity index (χ3v) is 14.5. The summed E-state index contributed by atoms with van der Waals surface area (Å²) in [4.78, 5) is 15.2. The molecule has 13 rings (SSSR count). The van der Waals surface area contributed by atoms with E-state index in [2.05, 4.69) is 174 Å². The first-order valence-corrected chi connectivity index (χ1v) is 22.7. The van der Waals surface area contributed by atoms with Crippen molar-refractivity contribution in [2.45, 2.75) is 0 Å². The Morgan fingerprint density at radius 1 is 0.302 bits per heavy atom. The lowest BCUT2D eigenvalue weighted by atomic mass is 9.94. The van der Waals surface area contributed by atoms with Gasteiger partial charge in [0.2, 0.25) is 0 Å². The molecule has 0 unspecified atom stereocenters. The van der Waals surface area contributed by atoms with Crippen LogP contribution in [-0.2, 0) is 0 Å². The van der Waals surface area contributed by atoms with Crippen LogP contribution in [-0.4, -0.2) is 19.5 Å². The monoisotopic (exact) mass is 838 g/mol. The maximum atomic E-state index is 5.11. The fourth-order valence-electron chi connectivity index (χ4n) is 9.27. The van der Waals surface area contributed by atoms with Crippen LogP contribution in [0.25, 0.3) is 124 Å². The molecule has 13 aromatic rings. The predicted octanol–water partition coefficient (Wildman–Crippen LogP) is 16.0. The SMILES string of the molecule is c1ccc(-c2nc(-c3ccccc3)nc(-c3cccc(-n4c5ccccc5c5cc(-c6ccc7sc8ccccc8c7c6)cc(-c6ccc7sc8ccccc8c7c6)c54)c3)n2)cc1. The molecule has 0 radical (unpaired) electrons. The first-order chi connectivity index (χ1) is 31.2. The highest BCUT2D eigenvalue weighted by molar-refractivity contribution is 7.26. The molecule has 0 spiro atoms. The van der Waals surface area contributed by atoms with Crippen molar-refractivity contribution in [1.82, 2.24) is 19.5 Å². The molecule has 0 atom stereocenters. The van der Waals surface area contributed by atoms with E-state index in [1.54, 1.807) is 0 Å². The Labute approximate surface area is 370 Å². The van der Waals surface area contributed by atoms with Crippen molar-refractivity contribution >= 4 is 84.8 Å². The van der Waals surface area contributed by atoms with Crippen LogP contribution in [0.4, 0.5) is 0 Å². The fraction of sp³-hybridized carbons (Fsp3) is 0. The summed E-state index contributed by atoms with van der Waals surface area (Å²) >= 11 is 3.71. The van der Waals surface area contributed by atoms with Crippen molar-refractivity contribution in [3.63, 3.8) is 0 Å². The molecule has 294 valence electrons. The highest BCUT2D eigenvalue weighted by Crippen LogP contribution is 2.45. The molecule has 63 heavy (non-hydrogen) atoms. The Bertz CT molecular complexity index is 3860. The first kappa shape index (κ1) is 35.9. The summed E-state index contributed by atoms with van der Waals surface area (Å²) in [6.45, 7) is 0. The highest BCUT2D eigenvalue weighted by atomic mass is 32.1. The van der Waals surface area contributed by atoms with E-state index in [9.17, 15) is 0 Å². The molecule has 0 N–H and O–H groups in total. The van der Waals surface area contributed by atoms with Gasteiger partial charge in [0.05, 0.1) is 11.0 Å². The van der Waals surface area contributed by atoms with Crippen LogP contribution in [0, 0.1) is 0 Å². The van der Waals surface area contributed by atoms with Crippen LogP contribution in [0.2, 0.25) is 0 Å². The van der Waals surface area contributed by atoms with Crippen molar-refractivity contribution < 1.29 is 0 Å². The lowest BCUT2D eigenvalue weighted by Crippen LogP contribution is -2.01. The summed E-state index contributed by atoms with van der Waals surface area (Å²) in [5.41, 5.74) is 10.9. The third kappa shape index (κ3) is 5.98. The minimum atomic E-state index is 0.624. The minimum absolute atomic E-state index is 0.624. The van der Waals surface area contributed by atoms with Crippen molar-refractivity contribution in [3.8, 4) is 62.1 Å². The molecule has 0 saturated carbocycles. The van der Waals surface area contributed by atoms with E-state index in [1.807, 2.05) is 59.1 Å². The molecule has 0 aliphatic rings. The first-order valence-electron chi connectivity index (χ1n) is 21.1. The molecule has 4 nitrogen and oxygen atoms in total. The van der Waals surface area contributed by atoms with Gasteiger partial charge in [-0.25, -0.2) is 15.0 Å². The molecule has 6 heteroatoms. The summed E-state index contributed by atoms with van der Waals surface area (Å²) in [6.07, 6.45) is 0. The van der Waals surface area contributed by atoms with E-state index in [1.165, 1.54) is 73.4 Å². The fourth-order valence-corrected chi connectivity index (χ4v) is 11.4. The van der Waals surface area contributed by atoms with E-state index < -0.39 is 0 Å². The van der Waals surface area contributed by atoms with Crippen LogP contribution in [0.15, 0.2) is 206 Å². The van der Waals surface area contributed by atoms with Crippen LogP contribution < -0.4 is 0 Å². The van der Waals surface area contributed by atoms with Gasteiger partial charge in [-0.1, -0.05) is 140 Å². The zero-order valence-electron chi connectivity index (χ0n) is 33.7. The Hall–Kier alpha value is -7.77. The topological polar surface area (TPSA) is 43.6 Å². The summed E-state index contributed by atoms with van der Waals surface area (Å²) in [6, 6.07) is 74.1. The number of benzene rings is 9. The standard InChI is InChI=1S/C57H34N4S2/c1-3-14-35(15-4-1)55-58-56(36-16-5-2-6-17-36)60-57(59-55)39-18-13-19-41(30-39)61-49-23-10-7-20-42(49)48-34-40(37-26-28-52-46(31-37)43-21-8-11-24-50(43)62-52)33-45(54(48)61)38-27-29-53-47(32-38)44-22-9-12-25-51(44)63-53/h1-34H. The summed E-state index contributed by atoms with van der Waals surface area (Å²) in [5.74, 6) is 1.90. The van der Waals surface area contributed by atoms with Gasteiger partial charge in [-0.3, -0.25) is 0 Å². The van der Waals surface area contributed by atoms with E-state index in [0.717, 1.165) is 33.4 Å². The van der Waals surface area contributed by atoms with Crippen molar-refractivity contribution in [3.05, 3.63) is 206 Å². The van der Waals surface area contributed by atoms with Gasteiger partial charge in [-0.05, 0) is 83.4 Å². The van der Waals surface area contributed by atoms with Crippen LogP contribution in [0.5, 0.6) is 0 Å². The molecule has 0 bridgehead atoms. The van der Waals surface area contributed by atoms with Crippen molar-refractivity contribution in [1.29, 1.82) is 0 Å². The van der Waals surface area contributed by atoms with Crippen LogP contribution in [0.3, 0.4) is 0 Å². The largest absolute Gasteiger partial charge is 0.309 e. The number of nitrogens with zero attached hydrogens (tertiary/aromatic N) is 4. The van der Waals surface area contributed by atoms with E-state index in [0.29, 0.717) is 17.5 Å². The second-order valence-electron chi connectivity index (χ2n) is 16.0. The maximum Gasteiger partial charge on any atom is 0.164 e. The van der Waals surface area contributed by atoms with E-state index in [4.69, 9.17) is 15.0 Å². The van der Waals surface area contributed by atoms with E-state index >= 15 is 0 Å². The molecule has 0 amide bonds. The Morgan fingerprint density at radius 2 is 0.794 bits per heavy atom.